The number of carbonyl (C=O) groups excluding carboxylic acids is 3. The van der Waals surface area contributed by atoms with Gasteiger partial charge >= 0.3 is 0 Å². The molecule has 0 saturated carbocycles. The van der Waals surface area contributed by atoms with Crippen LogP contribution < -0.4 is 10.3 Å². The minimum atomic E-state index is -1.17. The molecule has 0 radical (unpaired) electrons. The van der Waals surface area contributed by atoms with Crippen LogP contribution in [0.1, 0.15) is 38.5 Å². The van der Waals surface area contributed by atoms with Gasteiger partial charge in [0.25, 0.3) is 5.91 Å². The number of nitrogens with zero attached hydrogens (tertiary/aromatic N) is 2. The smallest absolute Gasteiger partial charge is 0.275 e. The maximum Gasteiger partial charge on any atom is 0.275 e. The Morgan fingerprint density at radius 1 is 0.850 bits per heavy atom. The lowest BCUT2D eigenvalue weighted by Gasteiger charge is -2.52. The highest BCUT2D eigenvalue weighted by atomic mass is 19.1. The van der Waals surface area contributed by atoms with Crippen LogP contribution in [-0.2, 0) is 15.0 Å². The van der Waals surface area contributed by atoms with E-state index in [1.807, 2.05) is 48.5 Å². The first-order valence-electron chi connectivity index (χ1n) is 12.9. The van der Waals surface area contributed by atoms with Crippen molar-refractivity contribution in [2.45, 2.75) is 11.3 Å². The Labute approximate surface area is 228 Å². The zero-order valence-corrected chi connectivity index (χ0v) is 21.0. The van der Waals surface area contributed by atoms with Crippen LogP contribution in [0.3, 0.4) is 0 Å². The van der Waals surface area contributed by atoms with Crippen molar-refractivity contribution < 1.29 is 23.9 Å². The van der Waals surface area contributed by atoms with E-state index in [2.05, 4.69) is 10.5 Å². The number of aromatic hydroxyl groups is 1. The molecule has 2 N–H and O–H groups in total. The van der Waals surface area contributed by atoms with Crippen molar-refractivity contribution in [1.82, 2.24) is 5.43 Å². The zero-order chi connectivity index (χ0) is 27.6. The van der Waals surface area contributed by atoms with Crippen LogP contribution in [0, 0.1) is 17.7 Å². The number of benzene rings is 4. The van der Waals surface area contributed by atoms with E-state index in [-0.39, 0.29) is 23.1 Å². The molecular weight excluding hydrogens is 509 g/mol. The maximum atomic E-state index is 14.2. The van der Waals surface area contributed by atoms with Crippen molar-refractivity contribution in [3.8, 4) is 5.75 Å². The molecule has 8 rings (SSSR count). The number of para-hydroxylation sites is 1. The van der Waals surface area contributed by atoms with Crippen LogP contribution in [0.2, 0.25) is 0 Å². The number of nitrogens with one attached hydrogen (secondary N) is 1. The Morgan fingerprint density at radius 3 is 2.10 bits per heavy atom. The number of halogens is 1. The molecule has 40 heavy (non-hydrogen) atoms. The first kappa shape index (κ1) is 24.0. The van der Waals surface area contributed by atoms with Crippen LogP contribution in [0.4, 0.5) is 10.1 Å². The summed E-state index contributed by atoms with van der Waals surface area (Å²) >= 11 is 0. The highest BCUT2D eigenvalue weighted by Crippen LogP contribution is 2.63. The molecule has 1 saturated heterocycles. The minimum absolute atomic E-state index is 0.0535. The number of hydrazone groups is 1. The highest BCUT2D eigenvalue weighted by Gasteiger charge is 2.68. The lowest BCUT2D eigenvalue weighted by Crippen LogP contribution is -2.54. The van der Waals surface area contributed by atoms with Crippen molar-refractivity contribution in [1.29, 1.82) is 0 Å². The molecule has 0 unspecified atom stereocenters. The van der Waals surface area contributed by atoms with Crippen molar-refractivity contribution in [2.75, 3.05) is 4.90 Å². The molecule has 1 fully saturated rings. The van der Waals surface area contributed by atoms with E-state index in [1.165, 1.54) is 36.4 Å². The van der Waals surface area contributed by atoms with Crippen LogP contribution in [0.25, 0.3) is 0 Å². The van der Waals surface area contributed by atoms with E-state index in [1.54, 1.807) is 18.3 Å². The van der Waals surface area contributed by atoms with E-state index < -0.39 is 34.9 Å². The Morgan fingerprint density at radius 2 is 1.45 bits per heavy atom. The Balaban J connectivity index is 1.41. The molecular formula is C32H22FN3O4. The number of anilines is 1. The lowest BCUT2D eigenvalue weighted by molar-refractivity contribution is -0.122. The summed E-state index contributed by atoms with van der Waals surface area (Å²) in [7, 11) is 0. The zero-order valence-electron chi connectivity index (χ0n) is 21.0. The summed E-state index contributed by atoms with van der Waals surface area (Å²) in [5.41, 5.74) is 5.20. The van der Waals surface area contributed by atoms with Gasteiger partial charge < -0.3 is 5.11 Å². The summed E-state index contributed by atoms with van der Waals surface area (Å²) in [6.45, 7) is 0. The number of rotatable bonds is 4. The normalized spacial score (nSPS) is 24.1. The summed E-state index contributed by atoms with van der Waals surface area (Å²) < 4.78 is 13.7. The third-order valence-electron chi connectivity index (χ3n) is 8.35. The van der Waals surface area contributed by atoms with Gasteiger partial charge in [-0.15, -0.1) is 0 Å². The minimum Gasteiger partial charge on any atom is -0.507 e. The number of phenolic OH excluding ortho intramolecular Hbond substituents is 1. The van der Waals surface area contributed by atoms with E-state index in [9.17, 15) is 23.9 Å². The molecule has 196 valence electrons. The highest BCUT2D eigenvalue weighted by molar-refractivity contribution is 6.25. The van der Waals surface area contributed by atoms with Crippen LogP contribution in [0.15, 0.2) is 102 Å². The van der Waals surface area contributed by atoms with Crippen molar-refractivity contribution in [3.05, 3.63) is 131 Å². The average molecular weight is 532 g/mol. The molecule has 3 amide bonds. The van der Waals surface area contributed by atoms with E-state index in [0.29, 0.717) is 5.69 Å². The molecule has 0 spiro atoms. The number of amides is 3. The summed E-state index contributed by atoms with van der Waals surface area (Å²) in [5.74, 6) is -3.95. The second kappa shape index (κ2) is 8.71. The van der Waals surface area contributed by atoms with Gasteiger partial charge in [0.05, 0.1) is 28.5 Å². The van der Waals surface area contributed by atoms with Crippen molar-refractivity contribution in [3.63, 3.8) is 0 Å². The van der Waals surface area contributed by atoms with E-state index >= 15 is 0 Å². The largest absolute Gasteiger partial charge is 0.507 e. The summed E-state index contributed by atoms with van der Waals surface area (Å²) in [5, 5.41) is 14.5. The monoisotopic (exact) mass is 531 g/mol. The third kappa shape index (κ3) is 3.16. The molecule has 1 heterocycles. The fourth-order valence-corrected chi connectivity index (χ4v) is 6.81. The van der Waals surface area contributed by atoms with Gasteiger partial charge in [-0.2, -0.15) is 5.10 Å². The van der Waals surface area contributed by atoms with Crippen molar-refractivity contribution in [2.24, 2.45) is 16.9 Å². The SMILES string of the molecule is O=C(N/N=C\C12c3ccccc3C(c3ccccc31)[C@@H]1C(=O)N(c3ccc(F)cc3)C(=O)[C@@H]12)c1ccccc1O. The molecule has 0 aromatic heterocycles. The van der Waals surface area contributed by atoms with Gasteiger partial charge in [0.1, 0.15) is 11.6 Å². The first-order chi connectivity index (χ1) is 19.4. The molecule has 1 aliphatic heterocycles. The molecule has 2 bridgehead atoms. The molecule has 7 nitrogen and oxygen atoms in total. The van der Waals surface area contributed by atoms with Gasteiger partial charge in [-0.25, -0.2) is 14.7 Å². The van der Waals surface area contributed by atoms with E-state index in [0.717, 1.165) is 27.2 Å². The Bertz CT molecular complexity index is 1700. The predicted octanol–water partition coefficient (Wildman–Crippen LogP) is 4.50. The topological polar surface area (TPSA) is 99.1 Å². The van der Waals surface area contributed by atoms with Gasteiger partial charge in [-0.3, -0.25) is 14.4 Å². The lowest BCUT2D eigenvalue weighted by atomic mass is 9.47. The number of carbonyl (C=O) groups is 3. The molecule has 3 aliphatic carbocycles. The van der Waals surface area contributed by atoms with Gasteiger partial charge in [-0.05, 0) is 58.7 Å². The second-order valence-electron chi connectivity index (χ2n) is 10.2. The van der Waals surface area contributed by atoms with Crippen LogP contribution in [-0.4, -0.2) is 29.0 Å². The summed E-state index contributed by atoms with van der Waals surface area (Å²) in [4.78, 5) is 42.3. The Kier molecular flexibility index (Phi) is 5.22. The van der Waals surface area contributed by atoms with Crippen molar-refractivity contribution >= 4 is 29.6 Å². The number of phenols is 1. The average Bonchev–Trinajstić information content (AvgIpc) is 3.24. The van der Waals surface area contributed by atoms with Crippen LogP contribution in [0.5, 0.6) is 5.75 Å². The van der Waals surface area contributed by atoms with E-state index in [4.69, 9.17) is 0 Å². The predicted molar refractivity (Wildman–Crippen MR) is 145 cm³/mol. The number of imide groups is 1. The molecule has 8 heteroatoms. The van der Waals surface area contributed by atoms with Gasteiger partial charge in [0.15, 0.2) is 0 Å². The summed E-state index contributed by atoms with van der Waals surface area (Å²) in [6.07, 6.45) is 1.55. The van der Waals surface area contributed by atoms with Gasteiger partial charge in [-0.1, -0.05) is 60.7 Å². The number of hydrogen-bond acceptors (Lipinski definition) is 5. The van der Waals surface area contributed by atoms with Gasteiger partial charge in [0, 0.05) is 12.1 Å². The summed E-state index contributed by atoms with van der Waals surface area (Å²) in [6, 6.07) is 26.8. The van der Waals surface area contributed by atoms with Crippen LogP contribution >= 0.6 is 0 Å². The quantitative estimate of drug-likeness (QED) is 0.230. The molecule has 4 aliphatic rings. The Hall–Kier alpha value is -5.11. The fourth-order valence-electron chi connectivity index (χ4n) is 6.81. The standard InChI is InChI=1S/C32H22FN3O4/c33-18-13-15-19(16-14-18)36-30(39)27-26-20-7-1-4-10-23(20)32(28(27)31(36)40,24-11-5-2-8-21(24)26)17-34-35-29(38)22-9-3-6-12-25(22)37/h1-17,26-28,37H,(H,35,38)/b34-17-/t26?,27-,28+,32?/m0/s1. The molecule has 4 aromatic carbocycles. The third-order valence-corrected chi connectivity index (χ3v) is 8.35. The molecule has 2 atom stereocenters. The second-order valence-corrected chi connectivity index (χ2v) is 10.2. The maximum absolute atomic E-state index is 14.2. The number of hydrogen-bond donors (Lipinski definition) is 2. The molecule has 4 aromatic rings. The van der Waals surface area contributed by atoms with Gasteiger partial charge in [0.2, 0.25) is 11.8 Å². The fraction of sp³-hybridized carbons (Fsp3) is 0.125. The first-order valence-corrected chi connectivity index (χ1v) is 12.9.